The number of rotatable bonds is 38. The highest BCUT2D eigenvalue weighted by Crippen LogP contribution is 2.25. The van der Waals surface area contributed by atoms with Crippen molar-refractivity contribution in [3.63, 3.8) is 0 Å². The summed E-state index contributed by atoms with van der Waals surface area (Å²) in [4.78, 5) is 255. The summed E-state index contributed by atoms with van der Waals surface area (Å²) in [6.45, 7) is 3.87. The number of carbonyl (C=O) groups is 17. The molecule has 0 unspecified atom stereocenters. The van der Waals surface area contributed by atoms with Gasteiger partial charge in [-0.05, 0) is 123 Å². The monoisotopic (exact) mass is 1700 g/mol. The molecule has 0 bridgehead atoms. The fourth-order valence-corrected chi connectivity index (χ4v) is 14.4. The molecular weight excluding hydrogens is 1590 g/mol. The van der Waals surface area contributed by atoms with Crippen molar-refractivity contribution in [2.75, 3.05) is 63.9 Å². The number of aliphatic hydroxyl groups is 1. The van der Waals surface area contributed by atoms with E-state index in [0.29, 0.717) is 24.2 Å². The summed E-state index contributed by atoms with van der Waals surface area (Å²) in [5.74, 6) is -16.8. The Hall–Kier alpha value is -11.2. The zero-order chi connectivity index (χ0) is 87.6. The van der Waals surface area contributed by atoms with E-state index in [2.05, 4.69) is 105 Å². The maximum atomic E-state index is 15.3. The molecule has 2 aliphatic rings. The highest BCUT2D eigenvalue weighted by Gasteiger charge is 2.42. The second kappa shape index (κ2) is 52.5. The lowest BCUT2D eigenvalue weighted by atomic mass is 10.0. The molecule has 49 heteroatoms. The summed E-state index contributed by atoms with van der Waals surface area (Å²) in [7, 11) is 1.62. The van der Waals surface area contributed by atoms with Gasteiger partial charge in [0, 0.05) is 74.3 Å². The van der Waals surface area contributed by atoms with Gasteiger partial charge < -0.3 is 145 Å². The van der Waals surface area contributed by atoms with Gasteiger partial charge >= 0.3 is 18.0 Å². The number of amides is 18. The molecule has 658 valence electrons. The maximum absolute atomic E-state index is 15.3. The van der Waals surface area contributed by atoms with Crippen LogP contribution in [0.1, 0.15) is 129 Å². The van der Waals surface area contributed by atoms with Crippen molar-refractivity contribution in [3.8, 4) is 0 Å². The number of nitrogens with one attached hydrogen (secondary N) is 17. The number of nitrogens with zero attached hydrogens (tertiary/aromatic N) is 4. The van der Waals surface area contributed by atoms with Crippen molar-refractivity contribution in [2.24, 2.45) is 51.0 Å². The van der Waals surface area contributed by atoms with Gasteiger partial charge in [-0.3, -0.25) is 76.9 Å². The summed E-state index contributed by atoms with van der Waals surface area (Å²) in [5.41, 5.74) is 40.4. The van der Waals surface area contributed by atoms with Gasteiger partial charge in [0.2, 0.25) is 82.7 Å². The highest BCUT2D eigenvalue weighted by atomic mass is 33.1. The third-order valence-electron chi connectivity index (χ3n) is 18.4. The van der Waals surface area contributed by atoms with Crippen LogP contribution in [0, 0.1) is 5.92 Å². The molecule has 14 atom stereocenters. The van der Waals surface area contributed by atoms with Crippen molar-refractivity contribution >= 4 is 128 Å². The third-order valence-corrected chi connectivity index (χ3v) is 20.9. The van der Waals surface area contributed by atoms with Gasteiger partial charge in [-0.25, -0.2) is 19.6 Å². The first-order chi connectivity index (χ1) is 56.0. The SMILES string of the molecule is CC(C)[C@H](NC(=O)[C@@H]1CCCN1C(=O)[C@H](CCCNC(N)=O)NC(=O)[C@@H]1CSSC[C@H](NC(=O)[C@@H](N)Cc2cnc[nH]2)C(=O)N[C@@H]([C@@H](C)O)C(=O)N[C@@H](CCCCN)C(=O)N[C@@H](CCCN=C(N)N)C(=O)NCC(=O)N[C@@H](Cc2cnc[nH]2)C(=O)N[C@@H](C)C(=O)N[C@@H](CCCCN)C(=O)N1)C(=O)N[C@@H](CCCNC(N)=O)C(=O)NCC(=O)O. The Kier molecular flexibility index (Phi) is 44.1. The maximum Gasteiger partial charge on any atom is 0.322 e. The van der Waals surface area contributed by atoms with E-state index in [1.54, 1.807) is 13.8 Å². The molecule has 0 saturated carbocycles. The minimum Gasteiger partial charge on any atom is -0.480 e. The Balaban J connectivity index is 1.86. The number of unbranched alkanes of at least 4 members (excludes halogenated alkanes) is 2. The zero-order valence-electron chi connectivity index (χ0n) is 66.3. The number of aliphatic carboxylic acids is 1. The van der Waals surface area contributed by atoms with Gasteiger partial charge in [0.15, 0.2) is 5.96 Å². The second-order valence-electron chi connectivity index (χ2n) is 28.4. The minimum atomic E-state index is -1.90. The molecule has 0 aromatic carbocycles. The van der Waals surface area contributed by atoms with E-state index in [0.717, 1.165) is 33.4 Å². The lowest BCUT2D eigenvalue weighted by Gasteiger charge is -2.32. The number of aliphatic imine (C=N–C) groups is 1. The standard InChI is InChI=1S/C69H116N28O19S2/c1-35(2)52(64(112)90-42(16-10-22-80-68(75)115)57(105)83-30-51(100)101)95-63(111)49-18-12-24-97(49)66(114)45(17-11-23-81-69(76)116)92-61(109)47-31-117-118-32-48(93-55(103)40(72)25-38-27-77-33-84-38)62(110)96-53(37(4)98)65(113)91-44(14-6-8-20-71)58(106)89-41(15-9-21-79-67(73)74)56(104)82-29-50(99)87-46(26-39-28-78-34-85-39)60(108)86-36(3)54(102)88-43(59(107)94-47)13-5-7-19-70/h27-28,33-37,40-49,52-53,98H,5-26,29-32,70-72H2,1-4H3,(H,77,84)(H,78,85)(H,82,104)(H,83,105)(H,86,108)(H,87,99)(H,88,102)(H,89,106)(H,90,112)(H,91,113)(H,92,109)(H,93,103)(H,94,107)(H,95,111)(H,96,110)(H,100,101)(H4,73,74,79)(H3,75,80,115)(H3,76,81,116)/t36-,37+,40-,41-,42-,43-,44-,45-,46-,47-,48-,49-,52-,53-/m0/s1. The van der Waals surface area contributed by atoms with Crippen LogP contribution < -0.4 is 120 Å². The van der Waals surface area contributed by atoms with Gasteiger partial charge in [0.1, 0.15) is 79.0 Å². The molecule has 4 heterocycles. The first-order valence-electron chi connectivity index (χ1n) is 38.6. The number of likely N-dealkylation sites (tertiary alicyclic amines) is 1. The number of guanidine groups is 1. The van der Waals surface area contributed by atoms with Crippen LogP contribution in [0.5, 0.6) is 0 Å². The molecule has 118 heavy (non-hydrogen) atoms. The first-order valence-corrected chi connectivity index (χ1v) is 41.1. The quantitative estimate of drug-likeness (QED) is 0.0128. The molecule has 47 nitrogen and oxygen atoms in total. The molecule has 2 aromatic rings. The summed E-state index contributed by atoms with van der Waals surface area (Å²) in [5, 5.41) is 58.2. The molecule has 18 amide bonds. The van der Waals surface area contributed by atoms with E-state index in [9.17, 15) is 77.3 Å². The number of carboxylic acids is 1. The number of carbonyl (C=O) groups excluding carboxylic acids is 16. The van der Waals surface area contributed by atoms with E-state index in [-0.39, 0.29) is 135 Å². The van der Waals surface area contributed by atoms with E-state index in [1.807, 2.05) is 0 Å². The molecule has 0 radical (unpaired) electrons. The van der Waals surface area contributed by atoms with Crippen molar-refractivity contribution in [3.05, 3.63) is 36.4 Å². The topological polar surface area (TPSA) is 766 Å². The molecule has 0 aliphatic carbocycles. The number of hydrogen-bond acceptors (Lipinski definition) is 26. The van der Waals surface area contributed by atoms with E-state index < -0.39 is 216 Å². The third kappa shape index (κ3) is 36.1. The van der Waals surface area contributed by atoms with Crippen molar-refractivity contribution in [1.29, 1.82) is 0 Å². The van der Waals surface area contributed by atoms with Gasteiger partial charge in [0.05, 0.1) is 31.3 Å². The van der Waals surface area contributed by atoms with E-state index in [1.165, 1.54) is 32.0 Å². The van der Waals surface area contributed by atoms with E-state index in [4.69, 9.17) is 40.1 Å². The average Bonchev–Trinajstić information content (AvgIpc) is 1.62. The number of primary amides is 2. The number of hydrogen-bond donors (Lipinski definition) is 26. The van der Waals surface area contributed by atoms with Crippen LogP contribution in [-0.2, 0) is 84.8 Å². The van der Waals surface area contributed by atoms with Crippen molar-refractivity contribution in [2.45, 2.75) is 215 Å². The number of H-pyrrole nitrogens is 2. The molecule has 2 saturated heterocycles. The molecular formula is C69H116N28O19S2. The molecule has 2 aromatic heterocycles. The van der Waals surface area contributed by atoms with Gasteiger partial charge in [-0.15, -0.1) is 0 Å². The van der Waals surface area contributed by atoms with Crippen LogP contribution in [0.25, 0.3) is 0 Å². The number of aliphatic hydroxyl groups excluding tert-OH is 1. The van der Waals surface area contributed by atoms with Crippen molar-refractivity contribution in [1.82, 2.24) is 105 Å². The molecule has 2 aliphatic heterocycles. The van der Waals surface area contributed by atoms with Crippen LogP contribution in [0.2, 0.25) is 0 Å². The predicted molar refractivity (Wildman–Crippen MR) is 429 cm³/mol. The van der Waals surface area contributed by atoms with Crippen LogP contribution in [0.15, 0.2) is 30.0 Å². The van der Waals surface area contributed by atoms with Gasteiger partial charge in [-0.2, -0.15) is 0 Å². The zero-order valence-corrected chi connectivity index (χ0v) is 68.0. The number of aromatic nitrogens is 4. The van der Waals surface area contributed by atoms with Crippen molar-refractivity contribution < 1.29 is 91.7 Å². The number of urea groups is 2. The molecule has 0 spiro atoms. The number of nitrogens with two attached hydrogens (primary N) is 7. The molecule has 33 N–H and O–H groups in total. The summed E-state index contributed by atoms with van der Waals surface area (Å²) in [6, 6.07) is -21.7. The molecule has 4 rings (SSSR count). The number of carboxylic acid groups (broad SMARTS) is 1. The lowest BCUT2D eigenvalue weighted by molar-refractivity contribution is -0.143. The minimum absolute atomic E-state index is 0.0130. The Morgan fingerprint density at radius 1 is 0.610 bits per heavy atom. The normalized spacial score (nSPS) is 21.7. The Morgan fingerprint density at radius 2 is 1.18 bits per heavy atom. The Labute approximate surface area is 688 Å². The highest BCUT2D eigenvalue weighted by molar-refractivity contribution is 8.76. The smallest absolute Gasteiger partial charge is 0.322 e. The molecule has 2 fully saturated rings. The van der Waals surface area contributed by atoms with Crippen LogP contribution in [-0.4, -0.2) is 290 Å². The van der Waals surface area contributed by atoms with Crippen LogP contribution >= 0.6 is 21.6 Å². The summed E-state index contributed by atoms with van der Waals surface area (Å²) in [6.07, 6.45) is 3.71. The first kappa shape index (κ1) is 99.2. The van der Waals surface area contributed by atoms with Crippen LogP contribution in [0.4, 0.5) is 9.59 Å². The van der Waals surface area contributed by atoms with Crippen LogP contribution in [0.3, 0.4) is 0 Å². The predicted octanol–water partition coefficient (Wildman–Crippen LogP) is -9.45. The average molecular weight is 1710 g/mol. The Morgan fingerprint density at radius 3 is 1.75 bits per heavy atom. The van der Waals surface area contributed by atoms with Gasteiger partial charge in [0.25, 0.3) is 0 Å². The lowest BCUT2D eigenvalue weighted by Crippen LogP contribution is -2.61. The fourth-order valence-electron chi connectivity index (χ4n) is 12.1. The summed E-state index contributed by atoms with van der Waals surface area (Å²) >= 11 is 0. The fraction of sp³-hybridized carbons (Fsp3) is 0.652. The largest absolute Gasteiger partial charge is 0.480 e. The van der Waals surface area contributed by atoms with E-state index >= 15 is 14.4 Å². The van der Waals surface area contributed by atoms with Gasteiger partial charge in [-0.1, -0.05) is 35.4 Å². The number of imidazole rings is 2. The Bertz CT molecular complexity index is 3710. The summed E-state index contributed by atoms with van der Waals surface area (Å²) < 4.78 is 0. The number of aromatic amines is 2. The second-order valence-corrected chi connectivity index (χ2v) is 30.9.